The van der Waals surface area contributed by atoms with Crippen molar-refractivity contribution in [2.24, 2.45) is 0 Å². The molecule has 112 valence electrons. The van der Waals surface area contributed by atoms with Gasteiger partial charge in [-0.2, -0.15) is 0 Å². The number of amides is 1. The number of rotatable bonds is 4. The molecule has 21 heavy (non-hydrogen) atoms. The lowest BCUT2D eigenvalue weighted by Crippen LogP contribution is -2.36. The average molecular weight is 289 g/mol. The van der Waals surface area contributed by atoms with Crippen molar-refractivity contribution in [1.82, 2.24) is 4.90 Å². The smallest absolute Gasteiger partial charge is 0.325 e. The van der Waals surface area contributed by atoms with E-state index in [2.05, 4.69) is 16.6 Å². The maximum atomic E-state index is 12.4. The summed E-state index contributed by atoms with van der Waals surface area (Å²) in [6.07, 6.45) is 0. The van der Waals surface area contributed by atoms with Gasteiger partial charge >= 0.3 is 5.97 Å². The van der Waals surface area contributed by atoms with E-state index in [-0.39, 0.29) is 19.1 Å². The van der Waals surface area contributed by atoms with E-state index in [0.717, 1.165) is 5.56 Å². The lowest BCUT2D eigenvalue weighted by atomic mass is 10.1. The van der Waals surface area contributed by atoms with Crippen LogP contribution in [-0.2, 0) is 9.53 Å². The van der Waals surface area contributed by atoms with Crippen LogP contribution >= 0.6 is 0 Å². The molecule has 0 unspecified atom stereocenters. The van der Waals surface area contributed by atoms with Crippen LogP contribution in [0.5, 0.6) is 0 Å². The Morgan fingerprint density at radius 3 is 2.62 bits per heavy atom. The monoisotopic (exact) mass is 289 g/mol. The first-order chi connectivity index (χ1) is 10.0. The highest BCUT2D eigenvalue weighted by molar-refractivity contribution is 5.96. The molecule has 5 heteroatoms. The average Bonchev–Trinajstić information content (AvgIpc) is 2.49. The summed E-state index contributed by atoms with van der Waals surface area (Å²) in [5.41, 5.74) is 2.00. The Morgan fingerprint density at radius 1 is 1.33 bits per heavy atom. The highest BCUT2D eigenvalue weighted by Gasteiger charge is 2.18. The molecule has 1 aromatic carbocycles. The zero-order valence-corrected chi connectivity index (χ0v) is 12.5. The van der Waals surface area contributed by atoms with Gasteiger partial charge in [0.2, 0.25) is 0 Å². The predicted octanol–water partition coefficient (Wildman–Crippen LogP) is 0.974. The standard InChI is InChI=1S/C16H19NO4/c1-4-17(11-15(19)21-3)16(20)14-9-12(2)8-13(10-14)6-5-7-18/h8-10,18H,4,7,11H2,1-3H3. The van der Waals surface area contributed by atoms with Crippen LogP contribution in [0, 0.1) is 18.8 Å². The number of aliphatic hydroxyl groups is 1. The number of carbonyl (C=O) groups is 2. The van der Waals surface area contributed by atoms with Crippen molar-refractivity contribution in [2.45, 2.75) is 13.8 Å². The molecule has 0 bridgehead atoms. The Morgan fingerprint density at radius 2 is 2.05 bits per heavy atom. The van der Waals surface area contributed by atoms with Gasteiger partial charge in [-0.05, 0) is 37.6 Å². The van der Waals surface area contributed by atoms with E-state index in [4.69, 9.17) is 5.11 Å². The van der Waals surface area contributed by atoms with Crippen LogP contribution in [0.3, 0.4) is 0 Å². The zero-order valence-electron chi connectivity index (χ0n) is 12.5. The van der Waals surface area contributed by atoms with Gasteiger partial charge in [0.25, 0.3) is 5.91 Å². The fourth-order valence-corrected chi connectivity index (χ4v) is 1.85. The molecule has 1 rings (SSSR count). The molecule has 0 aliphatic heterocycles. The summed E-state index contributed by atoms with van der Waals surface area (Å²) < 4.78 is 4.59. The molecular weight excluding hydrogens is 270 g/mol. The second kappa shape index (κ2) is 8.08. The van der Waals surface area contributed by atoms with Crippen molar-refractivity contribution < 1.29 is 19.4 Å². The molecule has 1 aromatic rings. The molecule has 5 nitrogen and oxygen atoms in total. The molecule has 0 aliphatic carbocycles. The summed E-state index contributed by atoms with van der Waals surface area (Å²) in [5.74, 6) is 4.61. The van der Waals surface area contributed by atoms with Gasteiger partial charge in [0.05, 0.1) is 7.11 Å². The van der Waals surface area contributed by atoms with E-state index in [1.54, 1.807) is 19.1 Å². The number of benzene rings is 1. The van der Waals surface area contributed by atoms with E-state index in [1.165, 1.54) is 12.0 Å². The first kappa shape index (κ1) is 16.7. The first-order valence-electron chi connectivity index (χ1n) is 6.59. The maximum absolute atomic E-state index is 12.4. The Bertz CT molecular complexity index is 584. The van der Waals surface area contributed by atoms with E-state index in [9.17, 15) is 9.59 Å². The largest absolute Gasteiger partial charge is 0.468 e. The quantitative estimate of drug-likeness (QED) is 0.662. The highest BCUT2D eigenvalue weighted by atomic mass is 16.5. The molecule has 0 heterocycles. The van der Waals surface area contributed by atoms with Crippen LogP contribution in [-0.4, -0.2) is 48.7 Å². The second-order valence-electron chi connectivity index (χ2n) is 4.44. The minimum absolute atomic E-state index is 0.0859. The minimum atomic E-state index is -0.460. The molecule has 0 atom stereocenters. The maximum Gasteiger partial charge on any atom is 0.325 e. The van der Waals surface area contributed by atoms with Crippen molar-refractivity contribution in [3.63, 3.8) is 0 Å². The van der Waals surface area contributed by atoms with E-state index >= 15 is 0 Å². The minimum Gasteiger partial charge on any atom is -0.468 e. The Kier molecular flexibility index (Phi) is 6.44. The summed E-state index contributed by atoms with van der Waals surface area (Å²) >= 11 is 0. The van der Waals surface area contributed by atoms with E-state index in [0.29, 0.717) is 17.7 Å². The lowest BCUT2D eigenvalue weighted by Gasteiger charge is -2.19. The van der Waals surface area contributed by atoms with Crippen LogP contribution in [0.15, 0.2) is 18.2 Å². The normalized spacial score (nSPS) is 9.52. The number of methoxy groups -OCH3 is 1. The molecule has 1 amide bonds. The fourth-order valence-electron chi connectivity index (χ4n) is 1.85. The van der Waals surface area contributed by atoms with Crippen molar-refractivity contribution in [2.75, 3.05) is 26.8 Å². The van der Waals surface area contributed by atoms with Crippen LogP contribution in [0.25, 0.3) is 0 Å². The number of carbonyl (C=O) groups excluding carboxylic acids is 2. The Balaban J connectivity index is 3.04. The third-order valence-corrected chi connectivity index (χ3v) is 2.85. The first-order valence-corrected chi connectivity index (χ1v) is 6.59. The predicted molar refractivity (Wildman–Crippen MR) is 78.7 cm³/mol. The van der Waals surface area contributed by atoms with Gasteiger partial charge in [0, 0.05) is 17.7 Å². The van der Waals surface area contributed by atoms with Gasteiger partial charge in [-0.3, -0.25) is 9.59 Å². The lowest BCUT2D eigenvalue weighted by molar-refractivity contribution is -0.141. The van der Waals surface area contributed by atoms with E-state index < -0.39 is 5.97 Å². The number of esters is 1. The van der Waals surface area contributed by atoms with Gasteiger partial charge in [0.15, 0.2) is 0 Å². The molecule has 0 aromatic heterocycles. The SMILES string of the molecule is CCN(CC(=O)OC)C(=O)c1cc(C)cc(C#CCO)c1. The van der Waals surface area contributed by atoms with Crippen molar-refractivity contribution in [1.29, 1.82) is 0 Å². The summed E-state index contributed by atoms with van der Waals surface area (Å²) in [4.78, 5) is 25.2. The number of hydrogen-bond acceptors (Lipinski definition) is 4. The fraction of sp³-hybridized carbons (Fsp3) is 0.375. The Labute approximate surface area is 124 Å². The van der Waals surface area contributed by atoms with Crippen LogP contribution < -0.4 is 0 Å². The number of aliphatic hydroxyl groups excluding tert-OH is 1. The van der Waals surface area contributed by atoms with Gasteiger partial charge < -0.3 is 14.7 Å². The number of likely N-dealkylation sites (N-methyl/N-ethyl adjacent to an activating group) is 1. The molecule has 0 radical (unpaired) electrons. The summed E-state index contributed by atoms with van der Waals surface area (Å²) in [6, 6.07) is 5.22. The van der Waals surface area contributed by atoms with Gasteiger partial charge in [-0.25, -0.2) is 0 Å². The highest BCUT2D eigenvalue weighted by Crippen LogP contribution is 2.12. The zero-order chi connectivity index (χ0) is 15.8. The van der Waals surface area contributed by atoms with Crippen LogP contribution in [0.1, 0.15) is 28.4 Å². The number of ether oxygens (including phenoxy) is 1. The van der Waals surface area contributed by atoms with Gasteiger partial charge in [-0.1, -0.05) is 11.8 Å². The summed E-state index contributed by atoms with van der Waals surface area (Å²) in [7, 11) is 1.29. The summed E-state index contributed by atoms with van der Waals surface area (Å²) in [5, 5.41) is 8.73. The van der Waals surface area contributed by atoms with Gasteiger partial charge in [0.1, 0.15) is 13.2 Å². The molecule has 0 aliphatic rings. The van der Waals surface area contributed by atoms with E-state index in [1.807, 2.05) is 13.0 Å². The number of hydrogen-bond donors (Lipinski definition) is 1. The van der Waals surface area contributed by atoms with Crippen molar-refractivity contribution >= 4 is 11.9 Å². The molecule has 1 N–H and O–H groups in total. The molecule has 0 fully saturated rings. The molecule has 0 spiro atoms. The van der Waals surface area contributed by atoms with Crippen molar-refractivity contribution in [3.8, 4) is 11.8 Å². The molecule has 0 saturated carbocycles. The van der Waals surface area contributed by atoms with Crippen LogP contribution in [0.2, 0.25) is 0 Å². The molecular formula is C16H19NO4. The Hall–Kier alpha value is -2.32. The summed E-state index contributed by atoms with van der Waals surface area (Å²) in [6.45, 7) is 3.73. The third-order valence-electron chi connectivity index (χ3n) is 2.85. The number of nitrogens with zero attached hydrogens (tertiary/aromatic N) is 1. The number of aryl methyl sites for hydroxylation is 1. The molecule has 0 saturated heterocycles. The topological polar surface area (TPSA) is 66.8 Å². The van der Waals surface area contributed by atoms with Crippen LogP contribution in [0.4, 0.5) is 0 Å². The third kappa shape index (κ3) is 4.93. The van der Waals surface area contributed by atoms with Gasteiger partial charge in [-0.15, -0.1) is 0 Å². The second-order valence-corrected chi connectivity index (χ2v) is 4.44. The van der Waals surface area contributed by atoms with Crippen molar-refractivity contribution in [3.05, 3.63) is 34.9 Å².